The molecule has 1 rings (SSSR count). The third-order valence-corrected chi connectivity index (χ3v) is 5.24. The average molecular weight is 322 g/mol. The Hall–Kier alpha value is -1.19. The normalized spacial score (nSPS) is 22.4. The van der Waals surface area contributed by atoms with E-state index in [9.17, 15) is 18.0 Å². The van der Waals surface area contributed by atoms with Gasteiger partial charge in [0.2, 0.25) is 15.9 Å². The maximum absolute atomic E-state index is 11.8. The molecule has 0 saturated carbocycles. The van der Waals surface area contributed by atoms with Gasteiger partial charge in [0.15, 0.2) is 6.10 Å². The van der Waals surface area contributed by atoms with Gasteiger partial charge >= 0.3 is 5.97 Å². The van der Waals surface area contributed by atoms with E-state index in [1.807, 2.05) is 0 Å². The molecule has 2 atom stereocenters. The van der Waals surface area contributed by atoms with Crippen LogP contribution in [0.1, 0.15) is 26.2 Å². The van der Waals surface area contributed by atoms with Crippen LogP contribution in [0, 0.1) is 0 Å². The summed E-state index contributed by atoms with van der Waals surface area (Å²) in [6.07, 6.45) is -0.459. The minimum atomic E-state index is -3.20. The molecule has 21 heavy (non-hydrogen) atoms. The summed E-state index contributed by atoms with van der Waals surface area (Å²) in [4.78, 5) is 22.5. The fourth-order valence-corrected chi connectivity index (χ4v) is 2.85. The molecule has 1 heterocycles. The molecule has 9 heteroatoms. The van der Waals surface area contributed by atoms with Crippen molar-refractivity contribution in [2.75, 3.05) is 25.9 Å². The first kappa shape index (κ1) is 17.9. The lowest BCUT2D eigenvalue weighted by Crippen LogP contribution is -2.37. The number of carboxylic acid groups (broad SMARTS) is 1. The number of carboxylic acids is 1. The zero-order valence-electron chi connectivity index (χ0n) is 12.2. The topological polar surface area (TPSA) is 113 Å². The molecule has 1 aliphatic rings. The molecule has 0 bridgehead atoms. The van der Waals surface area contributed by atoms with Crippen molar-refractivity contribution in [2.24, 2.45) is 0 Å². The number of nitrogens with zero attached hydrogens (tertiary/aromatic N) is 1. The van der Waals surface area contributed by atoms with Gasteiger partial charge in [-0.05, 0) is 26.2 Å². The Labute approximate surface area is 124 Å². The third-order valence-electron chi connectivity index (χ3n) is 3.38. The number of nitrogens with one attached hydrogen (secondary N) is 1. The Morgan fingerprint density at radius 2 is 1.95 bits per heavy atom. The van der Waals surface area contributed by atoms with Crippen molar-refractivity contribution in [3.63, 3.8) is 0 Å². The van der Waals surface area contributed by atoms with Crippen LogP contribution in [-0.4, -0.2) is 67.8 Å². The van der Waals surface area contributed by atoms with Gasteiger partial charge in [-0.2, -0.15) is 0 Å². The van der Waals surface area contributed by atoms with Crippen LogP contribution in [-0.2, 0) is 24.3 Å². The monoisotopic (exact) mass is 322 g/mol. The van der Waals surface area contributed by atoms with Crippen molar-refractivity contribution in [2.45, 2.75) is 38.4 Å². The summed E-state index contributed by atoms with van der Waals surface area (Å²) in [6.45, 7) is 2.21. The molecule has 0 aliphatic carbocycles. The van der Waals surface area contributed by atoms with Gasteiger partial charge in [-0.15, -0.1) is 0 Å². The van der Waals surface area contributed by atoms with E-state index in [4.69, 9.17) is 9.84 Å². The van der Waals surface area contributed by atoms with Crippen LogP contribution >= 0.6 is 0 Å². The molecule has 1 aliphatic heterocycles. The molecule has 0 spiro atoms. The van der Waals surface area contributed by atoms with Crippen molar-refractivity contribution in [3.8, 4) is 0 Å². The van der Waals surface area contributed by atoms with Crippen LogP contribution in [0.3, 0.4) is 0 Å². The number of sulfonamides is 1. The molecule has 0 aromatic heterocycles. The number of amides is 1. The van der Waals surface area contributed by atoms with Crippen molar-refractivity contribution >= 4 is 21.9 Å². The second-order valence-electron chi connectivity index (χ2n) is 4.90. The Morgan fingerprint density at radius 1 is 1.33 bits per heavy atom. The molecular weight excluding hydrogens is 300 g/mol. The first-order valence-electron chi connectivity index (χ1n) is 6.88. The lowest BCUT2D eigenvalue weighted by molar-refractivity contribution is -0.151. The maximum Gasteiger partial charge on any atom is 0.332 e. The highest BCUT2D eigenvalue weighted by Gasteiger charge is 2.34. The lowest BCUT2D eigenvalue weighted by atomic mass is 10.2. The van der Waals surface area contributed by atoms with Crippen molar-refractivity contribution in [3.05, 3.63) is 0 Å². The summed E-state index contributed by atoms with van der Waals surface area (Å²) in [5, 5.41) is 11.4. The summed E-state index contributed by atoms with van der Waals surface area (Å²) in [6, 6.07) is 0. The lowest BCUT2D eigenvalue weighted by Gasteiger charge is -2.16. The highest BCUT2D eigenvalue weighted by atomic mass is 32.2. The summed E-state index contributed by atoms with van der Waals surface area (Å²) in [5.74, 6) is -1.36. The molecule has 0 radical (unpaired) electrons. The molecule has 0 unspecified atom stereocenters. The second kappa shape index (κ2) is 7.71. The highest BCUT2D eigenvalue weighted by molar-refractivity contribution is 7.89. The van der Waals surface area contributed by atoms with Gasteiger partial charge in [-0.25, -0.2) is 17.5 Å². The SMILES string of the molecule is CCS(=O)(=O)N(C)CCCNC(=O)[C@@H]1CC[C@H](C(=O)O)O1. The maximum atomic E-state index is 11.8. The van der Waals surface area contributed by atoms with Gasteiger partial charge in [0.05, 0.1) is 5.75 Å². The Bertz CT molecular complexity index is 478. The van der Waals surface area contributed by atoms with E-state index in [2.05, 4.69) is 5.32 Å². The first-order chi connectivity index (χ1) is 9.77. The minimum absolute atomic E-state index is 0.0440. The number of carbonyl (C=O) groups is 2. The summed E-state index contributed by atoms with van der Waals surface area (Å²) >= 11 is 0. The van der Waals surface area contributed by atoms with E-state index in [1.54, 1.807) is 6.92 Å². The molecule has 0 aromatic rings. The minimum Gasteiger partial charge on any atom is -0.479 e. The molecule has 1 fully saturated rings. The largest absolute Gasteiger partial charge is 0.479 e. The predicted octanol–water partition coefficient (Wildman–Crippen LogP) is -0.594. The standard InChI is InChI=1S/C12H22N2O6S/c1-3-21(18,19)14(2)8-4-7-13-11(15)9-5-6-10(20-9)12(16)17/h9-10H,3-8H2,1-2H3,(H,13,15)(H,16,17)/t9-,10+/m0/s1. The van der Waals surface area contributed by atoms with E-state index >= 15 is 0 Å². The zero-order valence-corrected chi connectivity index (χ0v) is 13.1. The van der Waals surface area contributed by atoms with Crippen molar-refractivity contribution in [1.29, 1.82) is 0 Å². The number of hydrogen-bond donors (Lipinski definition) is 2. The van der Waals surface area contributed by atoms with Crippen molar-refractivity contribution in [1.82, 2.24) is 9.62 Å². The van der Waals surface area contributed by atoms with Crippen LogP contribution < -0.4 is 5.32 Å². The number of hydrogen-bond acceptors (Lipinski definition) is 5. The van der Waals surface area contributed by atoms with Gasteiger partial charge in [0, 0.05) is 20.1 Å². The van der Waals surface area contributed by atoms with Gasteiger partial charge in [-0.1, -0.05) is 0 Å². The van der Waals surface area contributed by atoms with E-state index in [0.717, 1.165) is 0 Å². The predicted molar refractivity (Wildman–Crippen MR) is 75.2 cm³/mol. The van der Waals surface area contributed by atoms with Crippen LogP contribution in [0.4, 0.5) is 0 Å². The van der Waals surface area contributed by atoms with Crippen LogP contribution in [0.2, 0.25) is 0 Å². The Balaban J connectivity index is 2.25. The molecule has 2 N–H and O–H groups in total. The molecule has 1 amide bonds. The molecule has 0 aromatic carbocycles. The highest BCUT2D eigenvalue weighted by Crippen LogP contribution is 2.19. The van der Waals surface area contributed by atoms with Crippen LogP contribution in [0.15, 0.2) is 0 Å². The van der Waals surface area contributed by atoms with Gasteiger partial charge in [0.1, 0.15) is 6.10 Å². The number of ether oxygens (including phenoxy) is 1. The van der Waals surface area contributed by atoms with E-state index in [1.165, 1.54) is 11.4 Å². The van der Waals surface area contributed by atoms with Crippen molar-refractivity contribution < 1.29 is 27.9 Å². The van der Waals surface area contributed by atoms with Crippen LogP contribution in [0.25, 0.3) is 0 Å². The number of aliphatic carboxylic acids is 1. The summed E-state index contributed by atoms with van der Waals surface area (Å²) in [7, 11) is -1.70. The smallest absolute Gasteiger partial charge is 0.332 e. The fraction of sp³-hybridized carbons (Fsp3) is 0.833. The van der Waals surface area contributed by atoms with Crippen LogP contribution in [0.5, 0.6) is 0 Å². The fourth-order valence-electron chi connectivity index (χ4n) is 2.00. The summed E-state index contributed by atoms with van der Waals surface area (Å²) in [5.41, 5.74) is 0. The Kier molecular flexibility index (Phi) is 6.56. The zero-order chi connectivity index (χ0) is 16.0. The number of carbonyl (C=O) groups excluding carboxylic acids is 1. The average Bonchev–Trinajstić information content (AvgIpc) is 2.93. The van der Waals surface area contributed by atoms with Gasteiger partial charge < -0.3 is 15.2 Å². The van der Waals surface area contributed by atoms with E-state index < -0.39 is 28.2 Å². The van der Waals surface area contributed by atoms with Gasteiger partial charge in [-0.3, -0.25) is 4.79 Å². The molecule has 122 valence electrons. The molecule has 8 nitrogen and oxygen atoms in total. The van der Waals surface area contributed by atoms with E-state index in [0.29, 0.717) is 32.4 Å². The van der Waals surface area contributed by atoms with Gasteiger partial charge in [0.25, 0.3) is 0 Å². The van der Waals surface area contributed by atoms with E-state index in [-0.39, 0.29) is 11.7 Å². The summed E-state index contributed by atoms with van der Waals surface area (Å²) < 4.78 is 29.4. The molecular formula is C12H22N2O6S. The second-order valence-corrected chi connectivity index (χ2v) is 7.26. The first-order valence-corrected chi connectivity index (χ1v) is 8.48. The third kappa shape index (κ3) is 5.25. The number of rotatable bonds is 8. The molecule has 1 saturated heterocycles. The quantitative estimate of drug-likeness (QED) is 0.577. The Morgan fingerprint density at radius 3 is 2.48 bits per heavy atom.